The van der Waals surface area contributed by atoms with E-state index in [0.717, 1.165) is 4.68 Å². The summed E-state index contributed by atoms with van der Waals surface area (Å²) in [7, 11) is 0. The highest BCUT2D eigenvalue weighted by Crippen LogP contribution is 2.16. The maximum atomic E-state index is 12.6. The number of aromatic carboxylic acids is 1. The van der Waals surface area contributed by atoms with Gasteiger partial charge in [-0.05, 0) is 19.1 Å². The smallest absolute Gasteiger partial charge is 0.357 e. The molecule has 0 aliphatic heterocycles. The number of nitrogens with zero attached hydrogens (tertiary/aromatic N) is 2. The van der Waals surface area contributed by atoms with Gasteiger partial charge in [-0.2, -0.15) is 5.10 Å². The lowest BCUT2D eigenvalue weighted by atomic mass is 10.1. The third kappa shape index (κ3) is 3.01. The zero-order valence-electron chi connectivity index (χ0n) is 13.3. The molecule has 1 aromatic carbocycles. The van der Waals surface area contributed by atoms with Crippen LogP contribution in [0.25, 0.3) is 10.8 Å². The first-order chi connectivity index (χ1) is 12.0. The van der Waals surface area contributed by atoms with E-state index in [9.17, 15) is 19.5 Å². The summed E-state index contributed by atoms with van der Waals surface area (Å²) in [6.07, 6.45) is 1.30. The van der Waals surface area contributed by atoms with Crippen LogP contribution in [0.5, 0.6) is 0 Å². The molecule has 0 amide bonds. The summed E-state index contributed by atoms with van der Waals surface area (Å²) < 4.78 is 11.1. The Bertz CT molecular complexity index is 1020. The maximum absolute atomic E-state index is 12.6. The van der Waals surface area contributed by atoms with Crippen LogP contribution in [-0.2, 0) is 11.3 Å². The van der Waals surface area contributed by atoms with Crippen molar-refractivity contribution < 1.29 is 23.8 Å². The molecular formula is C17H14N2O6. The van der Waals surface area contributed by atoms with Gasteiger partial charge < -0.3 is 14.3 Å². The summed E-state index contributed by atoms with van der Waals surface area (Å²) >= 11 is 0. The van der Waals surface area contributed by atoms with Gasteiger partial charge in [0.1, 0.15) is 17.9 Å². The molecule has 0 radical (unpaired) electrons. The minimum Gasteiger partial charge on any atom is -0.476 e. The van der Waals surface area contributed by atoms with E-state index in [1.807, 2.05) is 0 Å². The van der Waals surface area contributed by atoms with Gasteiger partial charge in [-0.1, -0.05) is 18.2 Å². The van der Waals surface area contributed by atoms with Gasteiger partial charge in [-0.25, -0.2) is 14.3 Å². The van der Waals surface area contributed by atoms with Crippen molar-refractivity contribution in [1.82, 2.24) is 9.78 Å². The molecule has 8 heteroatoms. The van der Waals surface area contributed by atoms with Crippen LogP contribution in [0.3, 0.4) is 0 Å². The van der Waals surface area contributed by atoms with Crippen molar-refractivity contribution in [1.29, 1.82) is 0 Å². The fraction of sp³-hybridized carbons (Fsp3) is 0.176. The minimum atomic E-state index is -1.25. The van der Waals surface area contributed by atoms with E-state index < -0.39 is 17.5 Å². The second-order valence-electron chi connectivity index (χ2n) is 5.14. The summed E-state index contributed by atoms with van der Waals surface area (Å²) in [4.78, 5) is 36.0. The summed E-state index contributed by atoms with van der Waals surface area (Å²) in [6, 6.07) is 7.74. The van der Waals surface area contributed by atoms with E-state index in [1.165, 1.54) is 24.5 Å². The second-order valence-corrected chi connectivity index (χ2v) is 5.14. The van der Waals surface area contributed by atoms with Gasteiger partial charge in [0.05, 0.1) is 18.3 Å². The number of fused-ring (bicyclic) bond motifs is 1. The van der Waals surface area contributed by atoms with Crippen LogP contribution >= 0.6 is 0 Å². The normalized spacial score (nSPS) is 10.8. The molecule has 2 heterocycles. The van der Waals surface area contributed by atoms with E-state index in [4.69, 9.17) is 9.15 Å². The Labute approximate surface area is 141 Å². The quantitative estimate of drug-likeness (QED) is 0.705. The van der Waals surface area contributed by atoms with Crippen LogP contribution in [-0.4, -0.2) is 33.4 Å². The third-order valence-electron chi connectivity index (χ3n) is 3.60. The Hall–Kier alpha value is -3.42. The highest BCUT2D eigenvalue weighted by Gasteiger charge is 2.20. The van der Waals surface area contributed by atoms with Crippen molar-refractivity contribution in [3.63, 3.8) is 0 Å². The molecule has 0 aliphatic rings. The molecular weight excluding hydrogens is 328 g/mol. The number of benzene rings is 1. The fourth-order valence-electron chi connectivity index (χ4n) is 2.49. The Morgan fingerprint density at radius 3 is 2.64 bits per heavy atom. The number of hydrogen-bond acceptors (Lipinski definition) is 6. The van der Waals surface area contributed by atoms with Gasteiger partial charge in [-0.3, -0.25) is 4.79 Å². The van der Waals surface area contributed by atoms with Crippen LogP contribution in [0.4, 0.5) is 0 Å². The minimum absolute atomic E-state index is 0.166. The van der Waals surface area contributed by atoms with E-state index in [1.54, 1.807) is 19.1 Å². The lowest BCUT2D eigenvalue weighted by Gasteiger charge is -2.08. The number of carbonyl (C=O) groups is 2. The number of carboxylic acids is 1. The summed E-state index contributed by atoms with van der Waals surface area (Å²) in [5.74, 6) is -1.67. The number of carbonyl (C=O) groups excluding carboxylic acids is 1. The van der Waals surface area contributed by atoms with Gasteiger partial charge in [0, 0.05) is 5.39 Å². The maximum Gasteiger partial charge on any atom is 0.357 e. The van der Waals surface area contributed by atoms with Crippen molar-refractivity contribution in [2.24, 2.45) is 0 Å². The van der Waals surface area contributed by atoms with E-state index >= 15 is 0 Å². The van der Waals surface area contributed by atoms with Crippen molar-refractivity contribution in [2.75, 3.05) is 6.61 Å². The van der Waals surface area contributed by atoms with Crippen LogP contribution in [0.1, 0.15) is 33.5 Å². The standard InChI is InChI=1S/C17H14N2O6/c1-2-24-17(23)12-7-8-25-13(12)9-19-15(20)11-6-4-3-5-10(11)14(18-19)16(21)22/h3-8H,2,9H2,1H3,(H,21,22). The van der Waals surface area contributed by atoms with E-state index in [2.05, 4.69) is 5.10 Å². The number of furan rings is 1. The number of esters is 1. The fourth-order valence-corrected chi connectivity index (χ4v) is 2.49. The molecule has 8 nitrogen and oxygen atoms in total. The summed E-state index contributed by atoms with van der Waals surface area (Å²) in [5.41, 5.74) is -0.563. The largest absolute Gasteiger partial charge is 0.476 e. The van der Waals surface area contributed by atoms with Gasteiger partial charge in [0.25, 0.3) is 5.56 Å². The van der Waals surface area contributed by atoms with Crippen LogP contribution < -0.4 is 5.56 Å². The van der Waals surface area contributed by atoms with Crippen molar-refractivity contribution in [3.05, 3.63) is 64.0 Å². The molecule has 3 rings (SSSR count). The molecule has 0 spiro atoms. The molecule has 0 atom stereocenters. The van der Waals surface area contributed by atoms with Gasteiger partial charge >= 0.3 is 11.9 Å². The summed E-state index contributed by atoms with van der Waals surface area (Å²) in [6.45, 7) is 1.68. The molecule has 1 N–H and O–H groups in total. The van der Waals surface area contributed by atoms with Gasteiger partial charge in [-0.15, -0.1) is 0 Å². The Morgan fingerprint density at radius 1 is 1.24 bits per heavy atom. The highest BCUT2D eigenvalue weighted by atomic mass is 16.5. The van der Waals surface area contributed by atoms with Gasteiger partial charge in [0.2, 0.25) is 0 Å². The van der Waals surface area contributed by atoms with E-state index in [-0.39, 0.29) is 40.9 Å². The lowest BCUT2D eigenvalue weighted by Crippen LogP contribution is -2.27. The topological polar surface area (TPSA) is 112 Å². The molecule has 0 bridgehead atoms. The molecule has 0 aliphatic carbocycles. The predicted molar refractivity (Wildman–Crippen MR) is 86.7 cm³/mol. The lowest BCUT2D eigenvalue weighted by molar-refractivity contribution is 0.0522. The number of ether oxygens (including phenoxy) is 1. The number of aromatic nitrogens is 2. The first-order valence-electron chi connectivity index (χ1n) is 7.49. The first-order valence-corrected chi connectivity index (χ1v) is 7.49. The summed E-state index contributed by atoms with van der Waals surface area (Å²) in [5, 5.41) is 13.7. The van der Waals surface area contributed by atoms with Crippen LogP contribution in [0.15, 0.2) is 45.8 Å². The molecule has 0 fully saturated rings. The second kappa shape index (κ2) is 6.60. The molecule has 25 heavy (non-hydrogen) atoms. The average Bonchev–Trinajstić information content (AvgIpc) is 3.05. The molecule has 3 aromatic rings. The molecule has 0 saturated carbocycles. The van der Waals surface area contributed by atoms with Gasteiger partial charge in [0.15, 0.2) is 5.69 Å². The van der Waals surface area contributed by atoms with Crippen molar-refractivity contribution >= 4 is 22.7 Å². The monoisotopic (exact) mass is 342 g/mol. The predicted octanol–water partition coefficient (Wildman–Crippen LogP) is 1.91. The zero-order chi connectivity index (χ0) is 18.0. The Kier molecular flexibility index (Phi) is 4.34. The highest BCUT2D eigenvalue weighted by molar-refractivity contribution is 6.01. The van der Waals surface area contributed by atoms with Crippen molar-refractivity contribution in [3.8, 4) is 0 Å². The van der Waals surface area contributed by atoms with Crippen LogP contribution in [0.2, 0.25) is 0 Å². The molecule has 128 valence electrons. The SMILES string of the molecule is CCOC(=O)c1ccoc1Cn1nc(C(=O)O)c2ccccc2c1=O. The van der Waals surface area contributed by atoms with E-state index in [0.29, 0.717) is 0 Å². The van der Waals surface area contributed by atoms with Crippen LogP contribution in [0, 0.1) is 0 Å². The number of hydrogen-bond donors (Lipinski definition) is 1. The molecule has 0 unspecified atom stereocenters. The zero-order valence-corrected chi connectivity index (χ0v) is 13.3. The first kappa shape index (κ1) is 16.4. The Balaban J connectivity index is 2.11. The third-order valence-corrected chi connectivity index (χ3v) is 3.60. The molecule has 0 saturated heterocycles. The Morgan fingerprint density at radius 2 is 1.96 bits per heavy atom. The molecule has 2 aromatic heterocycles. The average molecular weight is 342 g/mol. The number of rotatable bonds is 5. The number of carboxylic acid groups (broad SMARTS) is 1. The van der Waals surface area contributed by atoms with Crippen molar-refractivity contribution in [2.45, 2.75) is 13.5 Å².